The second kappa shape index (κ2) is 7.87. The molecule has 0 aliphatic rings. The maximum atomic E-state index is 10.7. The molecule has 0 saturated heterocycles. The van der Waals surface area contributed by atoms with Crippen molar-refractivity contribution in [1.29, 1.82) is 5.26 Å². The van der Waals surface area contributed by atoms with E-state index in [9.17, 15) is 5.11 Å². The van der Waals surface area contributed by atoms with E-state index in [1.165, 1.54) is 0 Å². The van der Waals surface area contributed by atoms with Crippen molar-refractivity contribution in [3.05, 3.63) is 71.3 Å². The smallest absolute Gasteiger partial charge is 0.188 e. The Morgan fingerprint density at radius 2 is 1.88 bits per heavy atom. The van der Waals surface area contributed by atoms with E-state index in [4.69, 9.17) is 20.5 Å². The molecule has 3 aromatic rings. The molecule has 0 heterocycles. The lowest BCUT2D eigenvalue weighted by molar-refractivity contribution is 0.0510. The number of ether oxygens (including phenoxy) is 2. The first-order valence-electron chi connectivity index (χ1n) is 8.22. The summed E-state index contributed by atoms with van der Waals surface area (Å²) in [7, 11) is 1.55. The Balaban J connectivity index is 1.84. The number of methoxy groups -OCH3 is 1. The third-order valence-corrected chi connectivity index (χ3v) is 4.25. The van der Waals surface area contributed by atoms with Gasteiger partial charge in [-0.2, -0.15) is 5.26 Å². The summed E-state index contributed by atoms with van der Waals surface area (Å²) in [6.07, 6.45) is -0.357. The summed E-state index contributed by atoms with van der Waals surface area (Å²) >= 11 is 0. The van der Waals surface area contributed by atoms with Crippen LogP contribution in [0.3, 0.4) is 0 Å². The topological polar surface area (TPSA) is 88.5 Å². The fourth-order valence-electron chi connectivity index (χ4n) is 2.84. The molecule has 0 bridgehead atoms. The zero-order valence-electron chi connectivity index (χ0n) is 14.5. The first-order chi connectivity index (χ1) is 12.6. The van der Waals surface area contributed by atoms with Crippen LogP contribution in [0.1, 0.15) is 22.8 Å². The van der Waals surface area contributed by atoms with Crippen molar-refractivity contribution >= 4 is 16.5 Å². The molecule has 0 amide bonds. The first-order valence-corrected chi connectivity index (χ1v) is 8.22. The second-order valence-electron chi connectivity index (χ2n) is 6.06. The number of anilines is 1. The molecule has 1 atom stereocenters. The van der Waals surface area contributed by atoms with Gasteiger partial charge in [-0.3, -0.25) is 0 Å². The lowest BCUT2D eigenvalue weighted by Gasteiger charge is -2.15. The minimum Gasteiger partial charge on any atom is -0.468 e. The van der Waals surface area contributed by atoms with Crippen LogP contribution in [0.2, 0.25) is 0 Å². The molecule has 0 aliphatic heterocycles. The Bertz CT molecular complexity index is 963. The number of aliphatic hydroxyl groups excluding tert-OH is 1. The van der Waals surface area contributed by atoms with Crippen molar-refractivity contribution in [3.8, 4) is 11.8 Å². The molecule has 0 fully saturated rings. The minimum atomic E-state index is -0.717. The van der Waals surface area contributed by atoms with Crippen molar-refractivity contribution in [2.24, 2.45) is 0 Å². The van der Waals surface area contributed by atoms with Crippen molar-refractivity contribution in [3.63, 3.8) is 0 Å². The van der Waals surface area contributed by atoms with Gasteiger partial charge in [0.05, 0.1) is 17.7 Å². The number of hydrogen-bond acceptors (Lipinski definition) is 5. The number of rotatable bonds is 6. The molecule has 5 heteroatoms. The quantitative estimate of drug-likeness (QED) is 0.525. The Labute approximate surface area is 152 Å². The number of nitrogens with two attached hydrogens (primary N) is 1. The number of nitriles is 1. The van der Waals surface area contributed by atoms with Gasteiger partial charge in [0.25, 0.3) is 0 Å². The Kier molecular flexibility index (Phi) is 5.37. The summed E-state index contributed by atoms with van der Waals surface area (Å²) in [5.74, 6) is 0.639. The van der Waals surface area contributed by atoms with Gasteiger partial charge in [-0.15, -0.1) is 0 Å². The van der Waals surface area contributed by atoms with E-state index in [2.05, 4.69) is 6.07 Å². The number of nitrogen functional groups attached to an aromatic ring is 1. The maximum absolute atomic E-state index is 10.7. The number of benzene rings is 3. The number of hydrogen-bond donors (Lipinski definition) is 2. The van der Waals surface area contributed by atoms with E-state index in [0.29, 0.717) is 23.4 Å². The van der Waals surface area contributed by atoms with Crippen LogP contribution in [-0.4, -0.2) is 19.0 Å². The van der Waals surface area contributed by atoms with Gasteiger partial charge in [0, 0.05) is 19.2 Å². The lowest BCUT2D eigenvalue weighted by Crippen LogP contribution is -2.06. The number of aliphatic hydroxyl groups is 1. The summed E-state index contributed by atoms with van der Waals surface area (Å²) in [6, 6.07) is 18.7. The monoisotopic (exact) mass is 348 g/mol. The zero-order valence-corrected chi connectivity index (χ0v) is 14.5. The largest absolute Gasteiger partial charge is 0.468 e. The highest BCUT2D eigenvalue weighted by Gasteiger charge is 2.12. The summed E-state index contributed by atoms with van der Waals surface area (Å²) in [6.45, 7) is 0.151. The van der Waals surface area contributed by atoms with E-state index in [-0.39, 0.29) is 6.79 Å². The molecular weight excluding hydrogens is 328 g/mol. The fraction of sp³-hybridized carbons (Fsp3) is 0.190. The predicted molar refractivity (Wildman–Crippen MR) is 101 cm³/mol. The summed E-state index contributed by atoms with van der Waals surface area (Å²) in [5.41, 5.74) is 8.81. The highest BCUT2D eigenvalue weighted by atomic mass is 16.7. The van der Waals surface area contributed by atoms with Crippen LogP contribution in [0.4, 0.5) is 5.69 Å². The van der Waals surface area contributed by atoms with Crippen LogP contribution in [0.15, 0.2) is 54.6 Å². The molecule has 132 valence electrons. The molecule has 3 aromatic carbocycles. The molecule has 0 radical (unpaired) electrons. The zero-order chi connectivity index (χ0) is 18.5. The normalized spacial score (nSPS) is 11.9. The van der Waals surface area contributed by atoms with Crippen molar-refractivity contribution in [2.45, 2.75) is 12.5 Å². The van der Waals surface area contributed by atoms with Crippen molar-refractivity contribution in [1.82, 2.24) is 0 Å². The van der Waals surface area contributed by atoms with Gasteiger partial charge >= 0.3 is 0 Å². The standard InChI is InChI=1S/C21H20N2O3/c1-25-13-26-19-6-7-20(23)18(10-19)11-21(24)16-5-4-15-3-2-14(12-22)8-17(15)9-16/h2-10,21,24H,11,13,23H2,1H3/t21-/m1/s1. The molecule has 3 rings (SSSR count). The van der Waals surface area contributed by atoms with E-state index in [1.54, 1.807) is 25.3 Å². The first kappa shape index (κ1) is 17.7. The summed E-state index contributed by atoms with van der Waals surface area (Å²) in [4.78, 5) is 0. The van der Waals surface area contributed by atoms with Gasteiger partial charge in [-0.05, 0) is 58.3 Å². The van der Waals surface area contributed by atoms with Gasteiger partial charge < -0.3 is 20.3 Å². The second-order valence-corrected chi connectivity index (χ2v) is 6.06. The van der Waals surface area contributed by atoms with Crippen molar-refractivity contribution < 1.29 is 14.6 Å². The Morgan fingerprint density at radius 1 is 1.08 bits per heavy atom. The summed E-state index contributed by atoms with van der Waals surface area (Å²) < 4.78 is 10.3. The molecule has 26 heavy (non-hydrogen) atoms. The van der Waals surface area contributed by atoms with E-state index in [1.807, 2.05) is 36.4 Å². The van der Waals surface area contributed by atoms with E-state index >= 15 is 0 Å². The molecule has 0 unspecified atom stereocenters. The van der Waals surface area contributed by atoms with Crippen LogP contribution in [0.25, 0.3) is 10.8 Å². The van der Waals surface area contributed by atoms with Crippen LogP contribution in [-0.2, 0) is 11.2 Å². The molecule has 0 spiro atoms. The van der Waals surface area contributed by atoms with E-state index in [0.717, 1.165) is 21.9 Å². The van der Waals surface area contributed by atoms with Crippen LogP contribution < -0.4 is 10.5 Å². The molecule has 0 aliphatic carbocycles. The van der Waals surface area contributed by atoms with Crippen LogP contribution in [0.5, 0.6) is 5.75 Å². The van der Waals surface area contributed by atoms with Gasteiger partial charge in [-0.25, -0.2) is 0 Å². The Morgan fingerprint density at radius 3 is 2.65 bits per heavy atom. The molecule has 0 aromatic heterocycles. The number of fused-ring (bicyclic) bond motifs is 1. The summed E-state index contributed by atoms with van der Waals surface area (Å²) in [5, 5.41) is 21.7. The van der Waals surface area contributed by atoms with E-state index < -0.39 is 6.10 Å². The highest BCUT2D eigenvalue weighted by Crippen LogP contribution is 2.28. The molecule has 0 saturated carbocycles. The van der Waals surface area contributed by atoms with Crippen LogP contribution >= 0.6 is 0 Å². The highest BCUT2D eigenvalue weighted by molar-refractivity contribution is 5.84. The average Bonchev–Trinajstić information content (AvgIpc) is 2.67. The van der Waals surface area contributed by atoms with Crippen LogP contribution in [0, 0.1) is 11.3 Å². The minimum absolute atomic E-state index is 0.151. The third kappa shape index (κ3) is 3.94. The number of nitrogens with zero attached hydrogens (tertiary/aromatic N) is 1. The lowest BCUT2D eigenvalue weighted by atomic mass is 9.97. The van der Waals surface area contributed by atoms with Gasteiger partial charge in [0.15, 0.2) is 6.79 Å². The van der Waals surface area contributed by atoms with Gasteiger partial charge in [0.2, 0.25) is 0 Å². The molecule has 5 nitrogen and oxygen atoms in total. The Hall–Kier alpha value is -3.07. The predicted octanol–water partition coefficient (Wildman–Crippen LogP) is 3.55. The third-order valence-electron chi connectivity index (χ3n) is 4.25. The maximum Gasteiger partial charge on any atom is 0.188 e. The average molecular weight is 348 g/mol. The molecule has 3 N–H and O–H groups in total. The van der Waals surface area contributed by atoms with Crippen molar-refractivity contribution in [2.75, 3.05) is 19.6 Å². The fourth-order valence-corrected chi connectivity index (χ4v) is 2.84. The molecular formula is C21H20N2O3. The van der Waals surface area contributed by atoms with Gasteiger partial charge in [-0.1, -0.05) is 18.2 Å². The SMILES string of the molecule is COCOc1ccc(N)c(C[C@@H](O)c2ccc3ccc(C#N)cc3c2)c1. The van der Waals surface area contributed by atoms with Gasteiger partial charge in [0.1, 0.15) is 5.75 Å².